The van der Waals surface area contributed by atoms with E-state index in [9.17, 15) is 24.6 Å². The van der Waals surface area contributed by atoms with Crippen molar-refractivity contribution < 1.29 is 29.7 Å². The molecule has 1 N–H and O–H groups in total. The highest BCUT2D eigenvalue weighted by molar-refractivity contribution is 6.37. The van der Waals surface area contributed by atoms with Gasteiger partial charge in [-0.15, -0.1) is 6.26 Å². The Morgan fingerprint density at radius 2 is 1.69 bits per heavy atom. The first-order valence-corrected chi connectivity index (χ1v) is 2.98. The number of carboxylic acids is 2. The average molecular weight is 184 g/mol. The van der Waals surface area contributed by atoms with E-state index < -0.39 is 23.3 Å². The summed E-state index contributed by atoms with van der Waals surface area (Å²) in [6.07, 6.45) is 0.974. The number of ketones is 1. The van der Waals surface area contributed by atoms with Crippen molar-refractivity contribution in [3.05, 3.63) is 24.0 Å². The number of rotatable bonds is 4. The maximum Gasteiger partial charge on any atom is 0.376 e. The van der Waals surface area contributed by atoms with E-state index in [-0.39, 0.29) is 6.26 Å². The molecule has 0 unspecified atom stereocenters. The summed E-state index contributed by atoms with van der Waals surface area (Å²) in [6, 6.07) is 0. The molecule has 13 heavy (non-hydrogen) atoms. The van der Waals surface area contributed by atoms with Gasteiger partial charge in [-0.25, -0.2) is 4.79 Å². The van der Waals surface area contributed by atoms with Gasteiger partial charge in [0.25, 0.3) is 5.78 Å². The van der Waals surface area contributed by atoms with E-state index in [1.807, 2.05) is 0 Å². The van der Waals surface area contributed by atoms with E-state index in [1.54, 1.807) is 0 Å². The lowest BCUT2D eigenvalue weighted by atomic mass is 10.2. The van der Waals surface area contributed by atoms with Gasteiger partial charge < -0.3 is 20.1 Å². The highest BCUT2D eigenvalue weighted by Gasteiger charge is 2.05. The average Bonchev–Trinajstić information content (AvgIpc) is 2.04. The van der Waals surface area contributed by atoms with Crippen molar-refractivity contribution >= 4 is 17.7 Å². The summed E-state index contributed by atoms with van der Waals surface area (Å²) in [4.78, 5) is 30.3. The molecular weight excluding hydrogens is 180 g/mol. The van der Waals surface area contributed by atoms with Gasteiger partial charge in [0.1, 0.15) is 0 Å². The Bertz CT molecular complexity index is 298. The van der Waals surface area contributed by atoms with Crippen LogP contribution in [-0.4, -0.2) is 22.8 Å². The summed E-state index contributed by atoms with van der Waals surface area (Å²) >= 11 is 0. The summed E-state index contributed by atoms with van der Waals surface area (Å²) in [5, 5.41) is 28.0. The topological polar surface area (TPSA) is 118 Å². The van der Waals surface area contributed by atoms with Crippen LogP contribution >= 0.6 is 0 Å². The van der Waals surface area contributed by atoms with Crippen molar-refractivity contribution in [2.45, 2.75) is 0 Å². The van der Waals surface area contributed by atoms with Gasteiger partial charge in [-0.05, 0) is 11.6 Å². The fourth-order valence-corrected chi connectivity index (χ4v) is 0.392. The van der Waals surface area contributed by atoms with Crippen LogP contribution in [0.3, 0.4) is 0 Å². The third kappa shape index (κ3) is 3.71. The minimum Gasteiger partial charge on any atom is -0.877 e. The normalized spacial score (nSPS) is 11.5. The largest absolute Gasteiger partial charge is 0.877 e. The molecule has 0 atom stereocenters. The molecule has 0 amide bonds. The third-order valence-corrected chi connectivity index (χ3v) is 0.988. The summed E-state index contributed by atoms with van der Waals surface area (Å²) in [6.45, 7) is 0. The van der Waals surface area contributed by atoms with Gasteiger partial charge in [0.2, 0.25) is 0 Å². The molecule has 0 aliphatic heterocycles. The van der Waals surface area contributed by atoms with E-state index in [4.69, 9.17) is 5.11 Å². The molecule has 0 aromatic carbocycles. The van der Waals surface area contributed by atoms with E-state index in [0.29, 0.717) is 12.2 Å². The van der Waals surface area contributed by atoms with E-state index in [2.05, 4.69) is 0 Å². The molecule has 0 heterocycles. The number of carboxylic acid groups (broad SMARTS) is 2. The molecule has 0 aliphatic rings. The molecular formula is C7H4O6-2. The smallest absolute Gasteiger partial charge is 0.376 e. The number of carbonyl (C=O) groups is 3. The monoisotopic (exact) mass is 184 g/mol. The fraction of sp³-hybridized carbons (Fsp3) is 0. The van der Waals surface area contributed by atoms with Gasteiger partial charge in [0.15, 0.2) is 0 Å². The first kappa shape index (κ1) is 10.9. The Hall–Kier alpha value is -2.11. The predicted molar refractivity (Wildman–Crippen MR) is 34.9 cm³/mol. The van der Waals surface area contributed by atoms with E-state index >= 15 is 0 Å². The molecule has 6 nitrogen and oxygen atoms in total. The molecule has 0 radical (unpaired) electrons. The Balaban J connectivity index is 4.51. The van der Waals surface area contributed by atoms with Crippen molar-refractivity contribution in [1.29, 1.82) is 0 Å². The van der Waals surface area contributed by atoms with Crippen molar-refractivity contribution in [3.8, 4) is 0 Å². The fourth-order valence-electron chi connectivity index (χ4n) is 0.392. The number of carbonyl (C=O) groups excluding carboxylic acids is 2. The maximum atomic E-state index is 10.4. The molecule has 6 heteroatoms. The molecule has 0 saturated heterocycles. The molecule has 0 fully saturated rings. The lowest BCUT2D eigenvalue weighted by Crippen LogP contribution is -2.24. The number of hydrogen-bond donors (Lipinski definition) is 1. The number of hydrogen-bond acceptors (Lipinski definition) is 5. The lowest BCUT2D eigenvalue weighted by molar-refractivity contribution is -0.303. The molecule has 0 saturated carbocycles. The van der Waals surface area contributed by atoms with Gasteiger partial charge in [-0.1, -0.05) is 6.08 Å². The lowest BCUT2D eigenvalue weighted by Gasteiger charge is -2.04. The Morgan fingerprint density at radius 1 is 1.15 bits per heavy atom. The molecule has 0 bridgehead atoms. The predicted octanol–water partition coefficient (Wildman–Crippen LogP) is -2.81. The Kier molecular flexibility index (Phi) is 3.94. The third-order valence-electron chi connectivity index (χ3n) is 0.988. The van der Waals surface area contributed by atoms with Crippen LogP contribution in [0.15, 0.2) is 24.0 Å². The second kappa shape index (κ2) is 4.70. The van der Waals surface area contributed by atoms with Crippen molar-refractivity contribution in [2.75, 3.05) is 0 Å². The second-order valence-electron chi connectivity index (χ2n) is 1.86. The first-order valence-electron chi connectivity index (χ1n) is 2.98. The van der Waals surface area contributed by atoms with E-state index in [0.717, 1.165) is 0 Å². The van der Waals surface area contributed by atoms with Crippen LogP contribution in [0.25, 0.3) is 0 Å². The van der Waals surface area contributed by atoms with Gasteiger partial charge in [0, 0.05) is 0 Å². The molecule has 0 spiro atoms. The summed E-state index contributed by atoms with van der Waals surface area (Å²) in [7, 11) is 0. The van der Waals surface area contributed by atoms with Crippen LogP contribution in [0.2, 0.25) is 0 Å². The zero-order chi connectivity index (χ0) is 10.4. The van der Waals surface area contributed by atoms with Crippen molar-refractivity contribution in [3.63, 3.8) is 0 Å². The van der Waals surface area contributed by atoms with Gasteiger partial charge in [-0.2, -0.15) is 0 Å². The van der Waals surface area contributed by atoms with Crippen molar-refractivity contribution in [1.82, 2.24) is 0 Å². The van der Waals surface area contributed by atoms with Gasteiger partial charge in [0.05, 0.1) is 5.97 Å². The molecule has 0 rings (SSSR count). The maximum absolute atomic E-state index is 10.4. The van der Waals surface area contributed by atoms with E-state index in [1.165, 1.54) is 0 Å². The standard InChI is InChI=1S/C7H6O6/c8-3-4(6(10)11)1-2-5(9)7(12)13/h1-3,8H,(H,10,11)(H,12,13)/p-2. The van der Waals surface area contributed by atoms with Crippen LogP contribution < -0.4 is 10.2 Å². The molecule has 70 valence electrons. The zero-order valence-corrected chi connectivity index (χ0v) is 6.22. The highest BCUT2D eigenvalue weighted by Crippen LogP contribution is 1.92. The van der Waals surface area contributed by atoms with Crippen molar-refractivity contribution in [2.24, 2.45) is 0 Å². The molecule has 0 aromatic rings. The summed E-state index contributed by atoms with van der Waals surface area (Å²) in [5.41, 5.74) is -0.797. The van der Waals surface area contributed by atoms with Crippen LogP contribution in [-0.2, 0) is 14.4 Å². The Labute approximate surface area is 72.4 Å². The summed E-state index contributed by atoms with van der Waals surface area (Å²) in [5.74, 6) is -4.83. The van der Waals surface area contributed by atoms with Crippen LogP contribution in [0.5, 0.6) is 0 Å². The highest BCUT2D eigenvalue weighted by atomic mass is 16.4. The van der Waals surface area contributed by atoms with Crippen LogP contribution in [0.4, 0.5) is 0 Å². The summed E-state index contributed by atoms with van der Waals surface area (Å²) < 4.78 is 0. The minimum atomic E-state index is -1.77. The molecule has 0 aromatic heterocycles. The van der Waals surface area contributed by atoms with Crippen LogP contribution in [0, 0.1) is 0 Å². The molecule has 0 aliphatic carbocycles. The van der Waals surface area contributed by atoms with Gasteiger partial charge >= 0.3 is 5.97 Å². The van der Waals surface area contributed by atoms with Gasteiger partial charge in [-0.3, -0.25) is 4.79 Å². The second-order valence-corrected chi connectivity index (χ2v) is 1.86. The van der Waals surface area contributed by atoms with Crippen LogP contribution in [0.1, 0.15) is 0 Å². The quantitative estimate of drug-likeness (QED) is 0.218. The number of aliphatic carboxylic acids is 2. The zero-order valence-electron chi connectivity index (χ0n) is 6.22. The SMILES string of the molecule is O=C([O-])C(C=CC(=O)C(=O)O)=C[O-]. The Morgan fingerprint density at radius 3 is 2.00 bits per heavy atom. The minimum absolute atomic E-state index is 0.0546. The first-order chi connectivity index (χ1) is 5.99.